The molecular formula is C23H32N2O4. The number of hydrogen-bond acceptors (Lipinski definition) is 5. The Labute approximate surface area is 173 Å². The van der Waals surface area contributed by atoms with Gasteiger partial charge in [-0.05, 0) is 24.8 Å². The van der Waals surface area contributed by atoms with Gasteiger partial charge in [-0.25, -0.2) is 0 Å². The van der Waals surface area contributed by atoms with Gasteiger partial charge in [0.1, 0.15) is 6.10 Å². The third kappa shape index (κ3) is 5.25. The van der Waals surface area contributed by atoms with E-state index in [2.05, 4.69) is 17.0 Å². The molecule has 4 rings (SSSR count). The summed E-state index contributed by atoms with van der Waals surface area (Å²) in [6, 6.07) is 10.2. The van der Waals surface area contributed by atoms with Crippen molar-refractivity contribution >= 4 is 5.91 Å². The highest BCUT2D eigenvalue weighted by Gasteiger charge is 2.47. The quantitative estimate of drug-likeness (QED) is 0.686. The molecule has 3 fully saturated rings. The van der Waals surface area contributed by atoms with Crippen molar-refractivity contribution in [1.29, 1.82) is 0 Å². The van der Waals surface area contributed by atoms with Gasteiger partial charge < -0.3 is 19.1 Å². The summed E-state index contributed by atoms with van der Waals surface area (Å²) in [4.78, 5) is 17.0. The maximum Gasteiger partial charge on any atom is 0.246 e. The fourth-order valence-corrected chi connectivity index (χ4v) is 4.48. The molecule has 1 spiro atoms. The van der Waals surface area contributed by atoms with Crippen molar-refractivity contribution in [3.8, 4) is 0 Å². The Hall–Kier alpha value is -1.73. The number of morpholine rings is 1. The zero-order chi connectivity index (χ0) is 19.9. The minimum Gasteiger partial charge on any atom is -0.379 e. The number of likely N-dealkylation sites (tertiary alicyclic amines) is 1. The van der Waals surface area contributed by atoms with Crippen LogP contribution in [0.1, 0.15) is 24.8 Å². The van der Waals surface area contributed by atoms with Crippen LogP contribution in [0.4, 0.5) is 0 Å². The molecular weight excluding hydrogens is 368 g/mol. The van der Waals surface area contributed by atoms with Crippen LogP contribution in [0.3, 0.4) is 0 Å². The number of piperidine rings is 1. The molecule has 0 unspecified atom stereocenters. The number of amides is 1. The van der Waals surface area contributed by atoms with Gasteiger partial charge in [0.15, 0.2) is 0 Å². The second kappa shape index (κ2) is 9.85. The predicted molar refractivity (Wildman–Crippen MR) is 111 cm³/mol. The third-order valence-corrected chi connectivity index (χ3v) is 6.25. The number of nitrogens with zero attached hydrogens (tertiary/aromatic N) is 2. The van der Waals surface area contributed by atoms with E-state index in [1.54, 1.807) is 6.08 Å². The molecule has 0 aromatic heterocycles. The first-order valence-electron chi connectivity index (χ1n) is 10.8. The molecule has 3 aliphatic heterocycles. The van der Waals surface area contributed by atoms with Crippen LogP contribution in [0, 0.1) is 0 Å². The molecule has 1 amide bonds. The zero-order valence-electron chi connectivity index (χ0n) is 17.1. The second-order valence-corrected chi connectivity index (χ2v) is 8.15. The molecule has 1 aromatic carbocycles. The maximum atomic E-state index is 12.8. The second-order valence-electron chi connectivity index (χ2n) is 8.15. The summed E-state index contributed by atoms with van der Waals surface area (Å²) in [6.07, 6.45) is 6.53. The first-order valence-corrected chi connectivity index (χ1v) is 10.8. The molecule has 6 heteroatoms. The number of carbonyl (C=O) groups is 1. The van der Waals surface area contributed by atoms with E-state index < -0.39 is 0 Å². The van der Waals surface area contributed by atoms with E-state index in [4.69, 9.17) is 14.2 Å². The largest absolute Gasteiger partial charge is 0.379 e. The van der Waals surface area contributed by atoms with Gasteiger partial charge >= 0.3 is 0 Å². The van der Waals surface area contributed by atoms with Crippen molar-refractivity contribution in [2.75, 3.05) is 52.5 Å². The van der Waals surface area contributed by atoms with E-state index in [0.29, 0.717) is 13.2 Å². The summed E-state index contributed by atoms with van der Waals surface area (Å²) in [5.41, 5.74) is 0.915. The molecule has 3 heterocycles. The fraction of sp³-hybridized carbons (Fsp3) is 0.609. The lowest BCUT2D eigenvalue weighted by molar-refractivity contribution is -0.165. The van der Waals surface area contributed by atoms with Crippen molar-refractivity contribution in [2.45, 2.75) is 37.6 Å². The average molecular weight is 401 g/mol. The summed E-state index contributed by atoms with van der Waals surface area (Å²) >= 11 is 0. The Morgan fingerprint density at radius 3 is 2.72 bits per heavy atom. The minimum absolute atomic E-state index is 0.0689. The van der Waals surface area contributed by atoms with E-state index in [0.717, 1.165) is 70.8 Å². The van der Waals surface area contributed by atoms with Crippen LogP contribution in [0.2, 0.25) is 0 Å². The molecule has 0 N–H and O–H groups in total. The van der Waals surface area contributed by atoms with Crippen molar-refractivity contribution in [3.05, 3.63) is 48.0 Å². The van der Waals surface area contributed by atoms with E-state index in [1.807, 2.05) is 29.2 Å². The van der Waals surface area contributed by atoms with Crippen molar-refractivity contribution in [2.24, 2.45) is 0 Å². The predicted octanol–water partition coefficient (Wildman–Crippen LogP) is 2.24. The summed E-state index contributed by atoms with van der Waals surface area (Å²) in [5, 5.41) is 0. The number of ether oxygens (including phenoxy) is 3. The Bertz CT molecular complexity index is 681. The minimum atomic E-state index is -0.233. The van der Waals surface area contributed by atoms with Crippen molar-refractivity contribution in [3.63, 3.8) is 0 Å². The molecule has 6 nitrogen and oxygen atoms in total. The summed E-state index contributed by atoms with van der Waals surface area (Å²) in [5.74, 6) is 0.0689. The van der Waals surface area contributed by atoms with E-state index >= 15 is 0 Å². The first-order chi connectivity index (χ1) is 14.3. The number of rotatable bonds is 6. The molecule has 0 aliphatic carbocycles. The molecule has 2 atom stereocenters. The normalized spacial score (nSPS) is 28.4. The van der Waals surface area contributed by atoms with Crippen LogP contribution in [0.5, 0.6) is 0 Å². The molecule has 3 saturated heterocycles. The van der Waals surface area contributed by atoms with Gasteiger partial charge in [-0.15, -0.1) is 0 Å². The van der Waals surface area contributed by atoms with E-state index in [9.17, 15) is 4.79 Å². The van der Waals surface area contributed by atoms with Crippen LogP contribution in [-0.2, 0) is 25.6 Å². The monoisotopic (exact) mass is 400 g/mol. The average Bonchev–Trinajstić information content (AvgIpc) is 3.24. The molecule has 29 heavy (non-hydrogen) atoms. The first kappa shape index (κ1) is 20.5. The molecule has 0 saturated carbocycles. The van der Waals surface area contributed by atoms with Gasteiger partial charge in [-0.3, -0.25) is 9.69 Å². The summed E-state index contributed by atoms with van der Waals surface area (Å²) < 4.78 is 17.9. The Morgan fingerprint density at radius 2 is 1.97 bits per heavy atom. The highest BCUT2D eigenvalue weighted by molar-refractivity contribution is 5.87. The number of carbonyl (C=O) groups excluding carboxylic acids is 1. The van der Waals surface area contributed by atoms with Gasteiger partial charge in [0.05, 0.1) is 25.4 Å². The lowest BCUT2D eigenvalue weighted by Gasteiger charge is -2.44. The van der Waals surface area contributed by atoms with Crippen LogP contribution in [-0.4, -0.2) is 80.0 Å². The summed E-state index contributed by atoms with van der Waals surface area (Å²) in [6.45, 7) is 6.86. The smallest absolute Gasteiger partial charge is 0.246 e. The standard InChI is InChI=1S/C23H32N2O4/c26-22(8-4-11-24-13-16-27-17-14-24)25-12-10-23(9-5-15-29-23)21(18-25)28-19-20-6-2-1-3-7-20/h1-4,6-8,21H,5,9-19H2/b8-4+/t21-,23+/m0/s1. The topological polar surface area (TPSA) is 51.2 Å². The van der Waals surface area contributed by atoms with Gasteiger partial charge in [0, 0.05) is 45.4 Å². The lowest BCUT2D eigenvalue weighted by Crippen LogP contribution is -2.57. The Kier molecular flexibility index (Phi) is 6.98. The zero-order valence-corrected chi connectivity index (χ0v) is 17.1. The van der Waals surface area contributed by atoms with Gasteiger partial charge in [0.2, 0.25) is 5.91 Å². The van der Waals surface area contributed by atoms with Gasteiger partial charge in [-0.1, -0.05) is 36.4 Å². The molecule has 3 aliphatic rings. The molecule has 0 radical (unpaired) electrons. The number of hydrogen-bond donors (Lipinski definition) is 0. The summed E-state index contributed by atoms with van der Waals surface area (Å²) in [7, 11) is 0. The molecule has 158 valence electrons. The Balaban J connectivity index is 1.34. The van der Waals surface area contributed by atoms with Crippen LogP contribution >= 0.6 is 0 Å². The Morgan fingerprint density at radius 1 is 1.14 bits per heavy atom. The van der Waals surface area contributed by atoms with Crippen LogP contribution in [0.25, 0.3) is 0 Å². The van der Waals surface area contributed by atoms with Crippen LogP contribution < -0.4 is 0 Å². The highest BCUT2D eigenvalue weighted by Crippen LogP contribution is 2.38. The van der Waals surface area contributed by atoms with Gasteiger partial charge in [-0.2, -0.15) is 0 Å². The lowest BCUT2D eigenvalue weighted by atomic mass is 9.85. The highest BCUT2D eigenvalue weighted by atomic mass is 16.6. The molecule has 0 bridgehead atoms. The van der Waals surface area contributed by atoms with Crippen molar-refractivity contribution < 1.29 is 19.0 Å². The van der Waals surface area contributed by atoms with Crippen LogP contribution in [0.15, 0.2) is 42.5 Å². The maximum absolute atomic E-state index is 12.8. The van der Waals surface area contributed by atoms with Crippen molar-refractivity contribution in [1.82, 2.24) is 9.80 Å². The van der Waals surface area contributed by atoms with Gasteiger partial charge in [0.25, 0.3) is 0 Å². The SMILES string of the molecule is O=C(/C=C/CN1CCOCC1)N1CC[C@]2(CCCO2)[C@@H](OCc2ccccc2)C1. The fourth-order valence-electron chi connectivity index (χ4n) is 4.48. The third-order valence-electron chi connectivity index (χ3n) is 6.25. The number of benzene rings is 1. The van der Waals surface area contributed by atoms with E-state index in [-0.39, 0.29) is 17.6 Å². The molecule has 1 aromatic rings. The van der Waals surface area contributed by atoms with E-state index in [1.165, 1.54) is 0 Å².